The number of nitrogens with one attached hydrogen (secondary N) is 2. The summed E-state index contributed by atoms with van der Waals surface area (Å²) < 4.78 is 19.9. The Balaban J connectivity index is 1.46. The van der Waals surface area contributed by atoms with Crippen LogP contribution in [0.2, 0.25) is 10.0 Å². The normalized spacial score (nSPS) is 16.5. The number of anilines is 1. The Labute approximate surface area is 214 Å². The van der Waals surface area contributed by atoms with Crippen LogP contribution in [-0.2, 0) is 0 Å². The number of hydrogen-bond acceptors (Lipinski definition) is 5. The number of nitrogens with two attached hydrogens (primary N) is 1. The van der Waals surface area contributed by atoms with E-state index in [-0.39, 0.29) is 16.7 Å². The molecule has 0 spiro atoms. The third-order valence-corrected chi connectivity index (χ3v) is 6.82. The van der Waals surface area contributed by atoms with Crippen molar-refractivity contribution in [2.45, 2.75) is 25.9 Å². The van der Waals surface area contributed by atoms with E-state index in [1.54, 1.807) is 31.3 Å². The first-order valence-electron chi connectivity index (χ1n) is 11.5. The predicted molar refractivity (Wildman–Crippen MR) is 137 cm³/mol. The zero-order valence-electron chi connectivity index (χ0n) is 19.3. The molecule has 1 amide bonds. The van der Waals surface area contributed by atoms with Crippen LogP contribution in [0.1, 0.15) is 41.8 Å². The molecule has 184 valence electrons. The first-order valence-corrected chi connectivity index (χ1v) is 12.2. The number of rotatable bonds is 7. The van der Waals surface area contributed by atoms with Crippen molar-refractivity contribution in [3.8, 4) is 16.9 Å². The smallest absolute Gasteiger partial charge is 0.251 e. The molecule has 0 radical (unpaired) electrons. The second-order valence-electron chi connectivity index (χ2n) is 8.62. The van der Waals surface area contributed by atoms with Gasteiger partial charge in [0.15, 0.2) is 11.6 Å². The molecule has 2 aromatic carbocycles. The van der Waals surface area contributed by atoms with Crippen molar-refractivity contribution < 1.29 is 13.9 Å². The van der Waals surface area contributed by atoms with Gasteiger partial charge in [-0.15, -0.1) is 0 Å². The highest BCUT2D eigenvalue weighted by Crippen LogP contribution is 2.37. The number of nitrogens with zero attached hydrogens (tertiary/aromatic N) is 1. The van der Waals surface area contributed by atoms with E-state index in [4.69, 9.17) is 33.7 Å². The van der Waals surface area contributed by atoms with Gasteiger partial charge in [0, 0.05) is 34.5 Å². The lowest BCUT2D eigenvalue weighted by Crippen LogP contribution is -2.38. The second kappa shape index (κ2) is 11.2. The minimum Gasteiger partial charge on any atom is -0.482 e. The highest BCUT2D eigenvalue weighted by atomic mass is 35.5. The number of hydrogen-bond donors (Lipinski definition) is 3. The molecule has 3 aromatic rings. The Morgan fingerprint density at radius 3 is 2.74 bits per heavy atom. The molecule has 1 aliphatic rings. The average Bonchev–Trinajstić information content (AvgIpc) is 2.87. The van der Waals surface area contributed by atoms with Crippen molar-refractivity contribution in [3.63, 3.8) is 0 Å². The number of amides is 1. The van der Waals surface area contributed by atoms with E-state index in [1.807, 2.05) is 12.1 Å². The molecular weight excluding hydrogens is 490 g/mol. The fourth-order valence-electron chi connectivity index (χ4n) is 4.12. The number of benzene rings is 2. The third kappa shape index (κ3) is 6.04. The Bertz CT molecular complexity index is 1200. The van der Waals surface area contributed by atoms with Gasteiger partial charge in [-0.2, -0.15) is 0 Å². The topological polar surface area (TPSA) is 89.3 Å². The van der Waals surface area contributed by atoms with Gasteiger partial charge in [-0.3, -0.25) is 4.79 Å². The Kier molecular flexibility index (Phi) is 8.11. The van der Waals surface area contributed by atoms with Crippen LogP contribution >= 0.6 is 23.2 Å². The summed E-state index contributed by atoms with van der Waals surface area (Å²) in [6.45, 7) is 4.34. The molecule has 4 N–H and O–H groups in total. The van der Waals surface area contributed by atoms with Gasteiger partial charge in [0.1, 0.15) is 11.9 Å². The lowest BCUT2D eigenvalue weighted by molar-refractivity contribution is 0.0945. The van der Waals surface area contributed by atoms with Crippen LogP contribution < -0.4 is 21.1 Å². The molecule has 1 saturated heterocycles. The Morgan fingerprint density at radius 2 is 2.03 bits per heavy atom. The molecule has 9 heteroatoms. The van der Waals surface area contributed by atoms with Crippen LogP contribution in [0.3, 0.4) is 0 Å². The molecule has 2 atom stereocenters. The van der Waals surface area contributed by atoms with E-state index in [9.17, 15) is 9.18 Å². The maximum absolute atomic E-state index is 13.9. The molecule has 35 heavy (non-hydrogen) atoms. The molecule has 1 aromatic heterocycles. The van der Waals surface area contributed by atoms with Crippen molar-refractivity contribution in [2.75, 3.05) is 25.4 Å². The SMILES string of the molecule is CC(Oc1cc(-c2ccc(C(=O)NCC3CCCNC3)cc2)cnc1N)c1c(Cl)ccc(F)c1Cl. The van der Waals surface area contributed by atoms with Gasteiger partial charge in [-0.05, 0) is 74.7 Å². The second-order valence-corrected chi connectivity index (χ2v) is 9.41. The van der Waals surface area contributed by atoms with Crippen LogP contribution in [0.15, 0.2) is 48.7 Å². The Morgan fingerprint density at radius 1 is 1.26 bits per heavy atom. The summed E-state index contributed by atoms with van der Waals surface area (Å²) in [6.07, 6.45) is 3.21. The minimum atomic E-state index is -0.671. The molecule has 4 rings (SSSR count). The van der Waals surface area contributed by atoms with Crippen LogP contribution in [0, 0.1) is 11.7 Å². The molecule has 1 aliphatic heterocycles. The van der Waals surface area contributed by atoms with Gasteiger partial charge in [0.25, 0.3) is 5.91 Å². The monoisotopic (exact) mass is 516 g/mol. The zero-order valence-corrected chi connectivity index (χ0v) is 20.8. The lowest BCUT2D eigenvalue weighted by atomic mass is 9.99. The first kappa shape index (κ1) is 25.2. The largest absolute Gasteiger partial charge is 0.482 e. The van der Waals surface area contributed by atoms with E-state index in [0.29, 0.717) is 34.4 Å². The van der Waals surface area contributed by atoms with Crippen molar-refractivity contribution in [3.05, 3.63) is 75.7 Å². The fraction of sp³-hybridized carbons (Fsp3) is 0.308. The maximum atomic E-state index is 13.9. The van der Waals surface area contributed by atoms with Gasteiger partial charge in [0.05, 0.1) is 5.02 Å². The van der Waals surface area contributed by atoms with E-state index in [0.717, 1.165) is 37.1 Å². The van der Waals surface area contributed by atoms with E-state index >= 15 is 0 Å². The number of ether oxygens (including phenoxy) is 1. The van der Waals surface area contributed by atoms with Gasteiger partial charge < -0.3 is 21.1 Å². The molecule has 2 heterocycles. The predicted octanol–water partition coefficient (Wildman–Crippen LogP) is 5.65. The molecule has 1 fully saturated rings. The fourth-order valence-corrected chi connectivity index (χ4v) is 4.80. The van der Waals surface area contributed by atoms with Gasteiger partial charge >= 0.3 is 0 Å². The number of halogens is 3. The van der Waals surface area contributed by atoms with Crippen molar-refractivity contribution in [1.29, 1.82) is 0 Å². The van der Waals surface area contributed by atoms with Crippen molar-refractivity contribution >= 4 is 34.9 Å². The highest BCUT2D eigenvalue weighted by Gasteiger charge is 2.20. The Hall–Kier alpha value is -2.87. The highest BCUT2D eigenvalue weighted by molar-refractivity contribution is 6.36. The first-order chi connectivity index (χ1) is 16.8. The summed E-state index contributed by atoms with van der Waals surface area (Å²) in [5.41, 5.74) is 8.53. The number of piperidine rings is 1. The van der Waals surface area contributed by atoms with Crippen LogP contribution in [0.4, 0.5) is 10.2 Å². The van der Waals surface area contributed by atoms with Crippen LogP contribution in [0.25, 0.3) is 11.1 Å². The summed E-state index contributed by atoms with van der Waals surface area (Å²) in [7, 11) is 0. The minimum absolute atomic E-state index is 0.0960. The molecule has 6 nitrogen and oxygen atoms in total. The summed E-state index contributed by atoms with van der Waals surface area (Å²) in [6, 6.07) is 11.6. The molecule has 0 bridgehead atoms. The average molecular weight is 517 g/mol. The number of pyridine rings is 1. The summed E-state index contributed by atoms with van der Waals surface area (Å²) >= 11 is 12.3. The summed E-state index contributed by atoms with van der Waals surface area (Å²) in [5, 5.41) is 6.57. The van der Waals surface area contributed by atoms with E-state index < -0.39 is 11.9 Å². The number of carbonyl (C=O) groups is 1. The zero-order chi connectivity index (χ0) is 24.9. The van der Waals surface area contributed by atoms with Gasteiger partial charge in [-0.25, -0.2) is 9.37 Å². The number of aromatic nitrogens is 1. The molecular formula is C26H27Cl2FN4O2. The van der Waals surface area contributed by atoms with E-state index in [2.05, 4.69) is 15.6 Å². The number of carbonyl (C=O) groups excluding carboxylic acids is 1. The maximum Gasteiger partial charge on any atom is 0.251 e. The van der Waals surface area contributed by atoms with Gasteiger partial charge in [0.2, 0.25) is 0 Å². The van der Waals surface area contributed by atoms with Crippen LogP contribution in [0.5, 0.6) is 5.75 Å². The van der Waals surface area contributed by atoms with Crippen molar-refractivity contribution in [2.24, 2.45) is 5.92 Å². The molecule has 0 saturated carbocycles. The van der Waals surface area contributed by atoms with Gasteiger partial charge in [-0.1, -0.05) is 35.3 Å². The standard InChI is InChI=1S/C26H27Cl2FN4O2/c1-15(23-20(27)8-9-21(29)24(23)28)35-22-11-19(14-32-25(22)30)17-4-6-18(7-5-17)26(34)33-13-16-3-2-10-31-12-16/h4-9,11,14-16,31H,2-3,10,12-13H2,1H3,(H2,30,32)(H,33,34). The van der Waals surface area contributed by atoms with Crippen molar-refractivity contribution in [1.82, 2.24) is 15.6 Å². The number of nitrogen functional groups attached to an aromatic ring is 1. The quantitative estimate of drug-likeness (QED) is 0.353. The molecule has 0 aliphatic carbocycles. The summed E-state index contributed by atoms with van der Waals surface area (Å²) in [4.78, 5) is 16.8. The lowest BCUT2D eigenvalue weighted by Gasteiger charge is -2.22. The summed E-state index contributed by atoms with van der Waals surface area (Å²) in [5.74, 6) is 0.276. The van der Waals surface area contributed by atoms with Crippen LogP contribution in [-0.4, -0.2) is 30.5 Å². The third-order valence-electron chi connectivity index (χ3n) is 6.10. The molecule has 2 unspecified atom stereocenters. The van der Waals surface area contributed by atoms with E-state index in [1.165, 1.54) is 12.1 Å².